The van der Waals surface area contributed by atoms with Crippen LogP contribution in [0.4, 0.5) is 18.9 Å². The zero-order chi connectivity index (χ0) is 30.5. The average molecular weight is 610 g/mol. The van der Waals surface area contributed by atoms with E-state index in [4.69, 9.17) is 14.3 Å². The third-order valence-corrected chi connectivity index (χ3v) is 8.69. The molecular formula is C28H30F3N3O7S. The highest BCUT2D eigenvalue weighted by atomic mass is 32.2. The first-order valence-corrected chi connectivity index (χ1v) is 14.8. The number of nitrogens with one attached hydrogen (secondary N) is 3. The molecule has 0 bridgehead atoms. The lowest BCUT2D eigenvalue weighted by Crippen LogP contribution is -2.42. The molecule has 4 N–H and O–H groups in total. The predicted octanol–water partition coefficient (Wildman–Crippen LogP) is 4.68. The molecule has 1 saturated carbocycles. The monoisotopic (exact) mass is 609 g/mol. The van der Waals surface area contributed by atoms with Gasteiger partial charge in [-0.3, -0.25) is 9.59 Å². The van der Waals surface area contributed by atoms with Crippen molar-refractivity contribution in [1.82, 2.24) is 10.0 Å². The van der Waals surface area contributed by atoms with Gasteiger partial charge in [-0.15, -0.1) is 0 Å². The fourth-order valence-corrected chi connectivity index (χ4v) is 6.34. The maximum absolute atomic E-state index is 13.1. The normalized spacial score (nSPS) is 19.5. The smallest absolute Gasteiger partial charge is 0.475 e. The van der Waals surface area contributed by atoms with E-state index >= 15 is 0 Å². The van der Waals surface area contributed by atoms with Gasteiger partial charge in [-0.05, 0) is 61.2 Å². The molecule has 14 heteroatoms. The van der Waals surface area contributed by atoms with Crippen LogP contribution in [0.2, 0.25) is 0 Å². The minimum Gasteiger partial charge on any atom is -0.475 e. The van der Waals surface area contributed by atoms with Crippen molar-refractivity contribution in [3.05, 3.63) is 60.4 Å². The number of rotatable bonds is 6. The second kappa shape index (κ2) is 12.9. The Labute approximate surface area is 239 Å². The van der Waals surface area contributed by atoms with E-state index in [1.54, 1.807) is 36.4 Å². The highest BCUT2D eigenvalue weighted by Gasteiger charge is 2.39. The summed E-state index contributed by atoms with van der Waals surface area (Å²) in [4.78, 5) is 34.5. The lowest BCUT2D eigenvalue weighted by Gasteiger charge is -2.30. The zero-order valence-electron chi connectivity index (χ0n) is 22.3. The number of halogens is 3. The molecule has 2 aliphatic rings. The quantitative estimate of drug-likeness (QED) is 0.314. The largest absolute Gasteiger partial charge is 0.490 e. The SMILES string of the molecule is O=C(NS(=O)(=O)c1ccccc1)c1cc2cc(NC(=O)[C@H]3NCC[C@H]3C3CCCCC3)ccc2o1.O=C(O)C(F)(F)F. The van der Waals surface area contributed by atoms with Gasteiger partial charge in [0.05, 0.1) is 10.9 Å². The minimum atomic E-state index is -5.08. The molecule has 2 amide bonds. The molecule has 0 unspecified atom stereocenters. The van der Waals surface area contributed by atoms with Gasteiger partial charge in [-0.1, -0.05) is 50.3 Å². The number of fused-ring (bicyclic) bond motifs is 1. The molecule has 10 nitrogen and oxygen atoms in total. The molecule has 42 heavy (non-hydrogen) atoms. The summed E-state index contributed by atoms with van der Waals surface area (Å²) in [6.07, 6.45) is 2.11. The summed E-state index contributed by atoms with van der Waals surface area (Å²) in [5.41, 5.74) is 1.02. The van der Waals surface area contributed by atoms with Crippen LogP contribution in [0, 0.1) is 11.8 Å². The first-order valence-electron chi connectivity index (χ1n) is 13.4. The number of carboxylic acid groups (broad SMARTS) is 1. The number of hydrogen-bond donors (Lipinski definition) is 4. The summed E-state index contributed by atoms with van der Waals surface area (Å²) in [7, 11) is -4.02. The highest BCUT2D eigenvalue weighted by Crippen LogP contribution is 2.36. The zero-order valence-corrected chi connectivity index (χ0v) is 23.1. The summed E-state index contributed by atoms with van der Waals surface area (Å²) >= 11 is 0. The van der Waals surface area contributed by atoms with Crippen LogP contribution in [0.1, 0.15) is 49.1 Å². The second-order valence-corrected chi connectivity index (χ2v) is 11.9. The highest BCUT2D eigenvalue weighted by molar-refractivity contribution is 7.90. The van der Waals surface area contributed by atoms with Gasteiger partial charge in [0.1, 0.15) is 5.58 Å². The Hall–Kier alpha value is -3.91. The predicted molar refractivity (Wildman–Crippen MR) is 146 cm³/mol. The van der Waals surface area contributed by atoms with Crippen molar-refractivity contribution in [2.45, 2.75) is 55.6 Å². The number of alkyl halides is 3. The Morgan fingerprint density at radius 1 is 0.952 bits per heavy atom. The van der Waals surface area contributed by atoms with Gasteiger partial charge in [0, 0.05) is 11.1 Å². The number of hydrogen-bond acceptors (Lipinski definition) is 7. The Balaban J connectivity index is 0.000000517. The van der Waals surface area contributed by atoms with Crippen LogP contribution in [-0.4, -0.2) is 50.1 Å². The molecule has 0 spiro atoms. The van der Waals surface area contributed by atoms with Gasteiger partial charge in [-0.25, -0.2) is 17.9 Å². The fraction of sp³-hybridized carbons (Fsp3) is 0.393. The Morgan fingerprint density at radius 3 is 2.26 bits per heavy atom. The van der Waals surface area contributed by atoms with Gasteiger partial charge in [0.15, 0.2) is 5.76 Å². The molecule has 0 radical (unpaired) electrons. The molecule has 1 aromatic heterocycles. The Morgan fingerprint density at radius 2 is 1.62 bits per heavy atom. The summed E-state index contributed by atoms with van der Waals surface area (Å²) in [5, 5.41) is 14.1. The lowest BCUT2D eigenvalue weighted by molar-refractivity contribution is -0.192. The topological polar surface area (TPSA) is 155 Å². The van der Waals surface area contributed by atoms with Crippen LogP contribution in [0.15, 0.2) is 63.9 Å². The van der Waals surface area contributed by atoms with Crippen LogP contribution in [0.3, 0.4) is 0 Å². The molecule has 2 heterocycles. The fourth-order valence-electron chi connectivity index (χ4n) is 5.36. The number of carbonyl (C=O) groups is 3. The van der Waals surface area contributed by atoms with E-state index in [-0.39, 0.29) is 22.6 Å². The molecule has 1 aliphatic heterocycles. The number of amides is 2. The third-order valence-electron chi connectivity index (χ3n) is 7.34. The van der Waals surface area contributed by atoms with E-state index in [0.29, 0.717) is 28.5 Å². The van der Waals surface area contributed by atoms with Gasteiger partial charge < -0.3 is 20.2 Å². The molecule has 5 rings (SSSR count). The van der Waals surface area contributed by atoms with Gasteiger partial charge in [-0.2, -0.15) is 13.2 Å². The molecule has 2 atom stereocenters. The lowest BCUT2D eigenvalue weighted by atomic mass is 9.76. The molecule has 1 saturated heterocycles. The number of furan rings is 1. The van der Waals surface area contributed by atoms with Crippen LogP contribution in [-0.2, 0) is 19.6 Å². The summed E-state index contributed by atoms with van der Waals surface area (Å²) < 4.78 is 64.2. The maximum Gasteiger partial charge on any atom is 0.490 e. The number of benzene rings is 2. The standard InChI is InChI=1S/C26H29N3O5S.C2HF3O2/c30-25(29-35(32,33)20-9-5-2-6-10-20)23-16-18-15-19(11-12-22(18)34-23)28-26(31)24-21(13-14-27-24)17-7-3-1-4-8-17;3-2(4,5)1(6)7/h2,5-6,9-12,15-17,21,24,27H,1,3-4,7-8,13-14H2,(H,28,31)(H,29,30);(H,6,7)/t21-,24-;/m0./s1. The van der Waals surface area contributed by atoms with E-state index < -0.39 is 28.1 Å². The van der Waals surface area contributed by atoms with Crippen molar-refractivity contribution in [2.24, 2.45) is 11.8 Å². The van der Waals surface area contributed by atoms with Gasteiger partial charge in [0.25, 0.3) is 10.0 Å². The summed E-state index contributed by atoms with van der Waals surface area (Å²) in [6, 6.07) is 14.0. The van der Waals surface area contributed by atoms with E-state index in [0.717, 1.165) is 13.0 Å². The first-order chi connectivity index (χ1) is 19.8. The number of anilines is 1. The first kappa shape index (κ1) is 31.0. The Kier molecular flexibility index (Phi) is 9.57. The molecular weight excluding hydrogens is 579 g/mol. The van der Waals surface area contributed by atoms with Crippen LogP contribution < -0.4 is 15.4 Å². The second-order valence-electron chi connectivity index (χ2n) is 10.2. The number of sulfonamides is 1. The van der Waals surface area contributed by atoms with E-state index in [2.05, 4.69) is 10.6 Å². The van der Waals surface area contributed by atoms with E-state index in [1.165, 1.54) is 50.3 Å². The van der Waals surface area contributed by atoms with Crippen LogP contribution in [0.5, 0.6) is 0 Å². The molecule has 2 aromatic carbocycles. The summed E-state index contributed by atoms with van der Waals surface area (Å²) in [6.45, 7) is 0.852. The number of aliphatic carboxylic acids is 1. The summed E-state index contributed by atoms with van der Waals surface area (Å²) in [5.74, 6) is -2.84. The number of carboxylic acids is 1. The van der Waals surface area contributed by atoms with E-state index in [1.807, 2.05) is 4.72 Å². The minimum absolute atomic E-state index is 0.0125. The number of carbonyl (C=O) groups excluding carboxylic acids is 2. The maximum atomic E-state index is 13.1. The van der Waals surface area contributed by atoms with Crippen molar-refractivity contribution >= 4 is 44.5 Å². The Bertz CT molecular complexity index is 1540. The van der Waals surface area contributed by atoms with Gasteiger partial charge in [0.2, 0.25) is 5.91 Å². The van der Waals surface area contributed by atoms with Crippen molar-refractivity contribution in [2.75, 3.05) is 11.9 Å². The van der Waals surface area contributed by atoms with Crippen molar-refractivity contribution in [3.8, 4) is 0 Å². The van der Waals surface area contributed by atoms with Crippen molar-refractivity contribution in [3.63, 3.8) is 0 Å². The van der Waals surface area contributed by atoms with E-state index in [9.17, 15) is 31.2 Å². The molecule has 3 aromatic rings. The molecule has 1 aliphatic carbocycles. The molecule has 2 fully saturated rings. The van der Waals surface area contributed by atoms with Crippen molar-refractivity contribution < 1.29 is 45.5 Å². The van der Waals surface area contributed by atoms with Crippen LogP contribution in [0.25, 0.3) is 11.0 Å². The van der Waals surface area contributed by atoms with Gasteiger partial charge >= 0.3 is 18.1 Å². The van der Waals surface area contributed by atoms with Crippen LogP contribution >= 0.6 is 0 Å². The van der Waals surface area contributed by atoms with Crippen molar-refractivity contribution in [1.29, 1.82) is 0 Å². The third kappa shape index (κ3) is 7.68. The molecule has 226 valence electrons. The average Bonchev–Trinajstić information content (AvgIpc) is 3.61.